The molecule has 0 saturated carbocycles. The maximum Gasteiger partial charge on any atom is 0.316 e. The Balaban J connectivity index is 1.60. The van der Waals surface area contributed by atoms with Crippen molar-refractivity contribution in [2.75, 3.05) is 13.1 Å². The highest BCUT2D eigenvalue weighted by Crippen LogP contribution is 2.16. The summed E-state index contributed by atoms with van der Waals surface area (Å²) in [5.41, 5.74) is 1.03. The molecule has 1 fully saturated rings. The lowest BCUT2D eigenvalue weighted by Crippen LogP contribution is -2.37. The van der Waals surface area contributed by atoms with Crippen LogP contribution in [0.3, 0.4) is 0 Å². The molecule has 0 N–H and O–H groups in total. The molecule has 0 radical (unpaired) electrons. The van der Waals surface area contributed by atoms with Crippen molar-refractivity contribution in [3.8, 4) is 6.01 Å². The van der Waals surface area contributed by atoms with Crippen LogP contribution in [-0.4, -0.2) is 49.5 Å². The highest BCUT2D eigenvalue weighted by molar-refractivity contribution is 6.30. The van der Waals surface area contributed by atoms with Gasteiger partial charge in [-0.15, -0.1) is 0 Å². The van der Waals surface area contributed by atoms with E-state index in [2.05, 4.69) is 15.0 Å². The number of ether oxygens (including phenoxy) is 1. The van der Waals surface area contributed by atoms with Crippen molar-refractivity contribution >= 4 is 17.5 Å². The third-order valence-corrected chi connectivity index (χ3v) is 4.38. The van der Waals surface area contributed by atoms with Crippen LogP contribution in [-0.2, 0) is 11.3 Å². The first-order chi connectivity index (χ1) is 11.9. The van der Waals surface area contributed by atoms with Crippen molar-refractivity contribution in [3.63, 3.8) is 0 Å². The third kappa shape index (κ3) is 3.96. The number of likely N-dealkylation sites (tertiary alicyclic amines) is 1. The number of rotatable bonds is 4. The normalized spacial score (nSPS) is 16.9. The summed E-state index contributed by atoms with van der Waals surface area (Å²) in [5.74, 6) is -0.143. The van der Waals surface area contributed by atoms with Gasteiger partial charge in [-0.1, -0.05) is 11.6 Å². The summed E-state index contributed by atoms with van der Waals surface area (Å²) >= 11 is 5.74. The van der Waals surface area contributed by atoms with Crippen LogP contribution in [0.2, 0.25) is 5.02 Å². The average Bonchev–Trinajstić information content (AvgIpc) is 3.06. The van der Waals surface area contributed by atoms with E-state index in [4.69, 9.17) is 16.3 Å². The molecular formula is C16H18ClN5O3. The highest BCUT2D eigenvalue weighted by Gasteiger charge is 2.28. The second kappa shape index (κ2) is 7.18. The van der Waals surface area contributed by atoms with Crippen molar-refractivity contribution in [1.29, 1.82) is 0 Å². The van der Waals surface area contributed by atoms with Gasteiger partial charge in [0.15, 0.2) is 0 Å². The van der Waals surface area contributed by atoms with Crippen molar-refractivity contribution in [3.05, 3.63) is 45.4 Å². The number of hydrogen-bond donors (Lipinski definition) is 0. The number of amides is 1. The zero-order valence-corrected chi connectivity index (χ0v) is 14.7. The van der Waals surface area contributed by atoms with Gasteiger partial charge in [0, 0.05) is 24.2 Å². The largest absolute Gasteiger partial charge is 0.458 e. The predicted octanol–water partition coefficient (Wildman–Crippen LogP) is 0.983. The van der Waals surface area contributed by atoms with Crippen LogP contribution in [0.15, 0.2) is 23.5 Å². The van der Waals surface area contributed by atoms with Gasteiger partial charge in [-0.25, -0.2) is 15.0 Å². The predicted molar refractivity (Wildman–Crippen MR) is 90.6 cm³/mol. The zero-order chi connectivity index (χ0) is 18.0. The molecule has 132 valence electrons. The van der Waals surface area contributed by atoms with E-state index < -0.39 is 0 Å². The van der Waals surface area contributed by atoms with Gasteiger partial charge < -0.3 is 9.64 Å². The first-order valence-electron chi connectivity index (χ1n) is 7.88. The molecule has 1 aliphatic heterocycles. The Kier molecular flexibility index (Phi) is 4.98. The SMILES string of the molecule is Cc1ncn(CC(=O)N2CCC(Oc3ncc(Cl)cn3)C2)c(=O)c1C. The Morgan fingerprint density at radius 2 is 2.04 bits per heavy atom. The van der Waals surface area contributed by atoms with Gasteiger partial charge in [0.25, 0.3) is 5.56 Å². The average molecular weight is 364 g/mol. The number of aryl methyl sites for hydroxylation is 1. The fourth-order valence-electron chi connectivity index (χ4n) is 2.60. The van der Waals surface area contributed by atoms with Gasteiger partial charge in [0.05, 0.1) is 30.3 Å². The second-order valence-corrected chi connectivity index (χ2v) is 6.38. The minimum Gasteiger partial charge on any atom is -0.458 e. The molecule has 9 heteroatoms. The molecule has 0 aliphatic carbocycles. The van der Waals surface area contributed by atoms with Gasteiger partial charge in [-0.05, 0) is 13.8 Å². The van der Waals surface area contributed by atoms with Crippen LogP contribution >= 0.6 is 11.6 Å². The smallest absolute Gasteiger partial charge is 0.316 e. The van der Waals surface area contributed by atoms with E-state index in [1.807, 2.05) is 0 Å². The van der Waals surface area contributed by atoms with Gasteiger partial charge in [-0.2, -0.15) is 0 Å². The van der Waals surface area contributed by atoms with Crippen LogP contribution in [0.1, 0.15) is 17.7 Å². The summed E-state index contributed by atoms with van der Waals surface area (Å²) in [5, 5.41) is 0.433. The summed E-state index contributed by atoms with van der Waals surface area (Å²) in [6.45, 7) is 4.43. The van der Waals surface area contributed by atoms with Crippen LogP contribution in [0, 0.1) is 13.8 Å². The topological polar surface area (TPSA) is 90.2 Å². The van der Waals surface area contributed by atoms with Gasteiger partial charge in [-0.3, -0.25) is 14.2 Å². The first kappa shape index (κ1) is 17.3. The number of carbonyl (C=O) groups excluding carboxylic acids is 1. The molecule has 3 heterocycles. The van der Waals surface area contributed by atoms with Gasteiger partial charge in [0.1, 0.15) is 12.6 Å². The number of hydrogen-bond acceptors (Lipinski definition) is 6. The fraction of sp³-hybridized carbons (Fsp3) is 0.438. The molecule has 0 spiro atoms. The third-order valence-electron chi connectivity index (χ3n) is 4.19. The van der Waals surface area contributed by atoms with E-state index >= 15 is 0 Å². The molecule has 25 heavy (non-hydrogen) atoms. The molecule has 1 unspecified atom stereocenters. The molecular weight excluding hydrogens is 346 g/mol. The molecule has 2 aromatic rings. The van der Waals surface area contributed by atoms with Crippen LogP contribution < -0.4 is 10.3 Å². The minimum absolute atomic E-state index is 0.0306. The van der Waals surface area contributed by atoms with Crippen molar-refractivity contribution in [1.82, 2.24) is 24.4 Å². The Hall–Kier alpha value is -2.48. The van der Waals surface area contributed by atoms with Crippen LogP contribution in [0.5, 0.6) is 6.01 Å². The van der Waals surface area contributed by atoms with Crippen molar-refractivity contribution in [2.45, 2.75) is 32.9 Å². The van der Waals surface area contributed by atoms with Crippen molar-refractivity contribution < 1.29 is 9.53 Å². The van der Waals surface area contributed by atoms with E-state index in [1.54, 1.807) is 18.7 Å². The summed E-state index contributed by atoms with van der Waals surface area (Å²) in [6.07, 6.45) is 4.83. The van der Waals surface area contributed by atoms with Gasteiger partial charge >= 0.3 is 6.01 Å². The lowest BCUT2D eigenvalue weighted by atomic mass is 10.3. The summed E-state index contributed by atoms with van der Waals surface area (Å²) in [4.78, 5) is 38.4. The quantitative estimate of drug-likeness (QED) is 0.804. The Bertz CT molecular complexity index is 837. The molecule has 0 aromatic carbocycles. The van der Waals surface area contributed by atoms with Gasteiger partial charge in [0.2, 0.25) is 5.91 Å². The monoisotopic (exact) mass is 363 g/mol. The fourth-order valence-corrected chi connectivity index (χ4v) is 2.69. The maximum absolute atomic E-state index is 12.4. The molecule has 1 aliphatic rings. The Morgan fingerprint density at radius 1 is 1.32 bits per heavy atom. The van der Waals surface area contributed by atoms with E-state index in [0.29, 0.717) is 35.8 Å². The molecule has 1 atom stereocenters. The molecule has 1 amide bonds. The lowest BCUT2D eigenvalue weighted by Gasteiger charge is -2.17. The molecule has 0 bridgehead atoms. The Labute approximate surface area is 149 Å². The first-order valence-corrected chi connectivity index (χ1v) is 8.26. The minimum atomic E-state index is -0.192. The molecule has 1 saturated heterocycles. The maximum atomic E-state index is 12.4. The molecule has 8 nitrogen and oxygen atoms in total. The van der Waals surface area contributed by atoms with Crippen molar-refractivity contribution in [2.24, 2.45) is 0 Å². The number of aromatic nitrogens is 4. The van der Waals surface area contributed by atoms with E-state index in [9.17, 15) is 9.59 Å². The summed E-state index contributed by atoms with van der Waals surface area (Å²) < 4.78 is 7.00. The number of halogens is 1. The second-order valence-electron chi connectivity index (χ2n) is 5.94. The summed E-state index contributed by atoms with van der Waals surface area (Å²) in [7, 11) is 0. The highest BCUT2D eigenvalue weighted by atomic mass is 35.5. The number of carbonyl (C=O) groups is 1. The van der Waals surface area contributed by atoms with Crippen LogP contribution in [0.4, 0.5) is 0 Å². The zero-order valence-electron chi connectivity index (χ0n) is 14.0. The Morgan fingerprint density at radius 3 is 2.76 bits per heavy atom. The molecule has 3 rings (SSSR count). The number of nitrogens with zero attached hydrogens (tertiary/aromatic N) is 5. The van der Waals surface area contributed by atoms with E-state index in [1.165, 1.54) is 23.3 Å². The van der Waals surface area contributed by atoms with E-state index in [-0.39, 0.29) is 30.1 Å². The molecule has 2 aromatic heterocycles. The standard InChI is InChI=1S/C16H18ClN5O3/c1-10-11(2)20-9-22(15(10)24)8-14(23)21-4-3-13(7-21)25-16-18-5-12(17)6-19-16/h5-6,9,13H,3-4,7-8H2,1-2H3. The summed E-state index contributed by atoms with van der Waals surface area (Å²) in [6, 6.07) is 0.235. The van der Waals surface area contributed by atoms with Crippen LogP contribution in [0.25, 0.3) is 0 Å². The lowest BCUT2D eigenvalue weighted by molar-refractivity contribution is -0.131. The van der Waals surface area contributed by atoms with E-state index in [0.717, 1.165) is 0 Å².